The van der Waals surface area contributed by atoms with Gasteiger partial charge in [-0.1, -0.05) is 54.6 Å². The summed E-state index contributed by atoms with van der Waals surface area (Å²) in [5.74, 6) is 0.759. The van der Waals surface area contributed by atoms with Crippen LogP contribution in [0.25, 0.3) is 5.57 Å². The topological polar surface area (TPSA) is 9.23 Å². The molecule has 0 N–H and O–H groups in total. The van der Waals surface area contributed by atoms with Gasteiger partial charge in [0.25, 0.3) is 0 Å². The number of ether oxygens (including phenoxy) is 1. The first-order valence-corrected chi connectivity index (χ1v) is 5.75. The van der Waals surface area contributed by atoms with Crippen LogP contribution in [0, 0.1) is 0 Å². The predicted molar refractivity (Wildman–Crippen MR) is 72.4 cm³/mol. The average molecular weight is 245 g/mol. The Hall–Kier alpha value is -1.73. The predicted octanol–water partition coefficient (Wildman–Crippen LogP) is 4.43. The Bertz CT molecular complexity index is 505. The summed E-state index contributed by atoms with van der Waals surface area (Å²) in [6.07, 6.45) is 0. The van der Waals surface area contributed by atoms with E-state index in [-0.39, 0.29) is 0 Å². The van der Waals surface area contributed by atoms with Crippen molar-refractivity contribution >= 4 is 17.2 Å². The Morgan fingerprint density at radius 1 is 1.06 bits per heavy atom. The van der Waals surface area contributed by atoms with Crippen LogP contribution in [0.4, 0.5) is 0 Å². The lowest BCUT2D eigenvalue weighted by atomic mass is 10.1. The lowest BCUT2D eigenvalue weighted by Gasteiger charge is -2.09. The molecule has 1 nitrogen and oxygen atoms in total. The Kier molecular flexibility index (Phi) is 3.84. The van der Waals surface area contributed by atoms with E-state index in [1.165, 1.54) is 0 Å². The molecule has 0 bridgehead atoms. The summed E-state index contributed by atoms with van der Waals surface area (Å²) >= 11 is 5.87. The van der Waals surface area contributed by atoms with Crippen LogP contribution >= 0.6 is 11.6 Å². The summed E-state index contributed by atoms with van der Waals surface area (Å²) in [6.45, 7) is 4.47. The van der Waals surface area contributed by atoms with Crippen molar-refractivity contribution in [2.45, 2.75) is 0 Å². The van der Waals surface area contributed by atoms with Crippen molar-refractivity contribution in [1.82, 2.24) is 0 Å². The smallest absolute Gasteiger partial charge is 0.121 e. The van der Waals surface area contributed by atoms with Crippen LogP contribution in [0.5, 0.6) is 5.75 Å². The quantitative estimate of drug-likeness (QED) is 0.773. The van der Waals surface area contributed by atoms with Gasteiger partial charge in [-0.3, -0.25) is 0 Å². The van der Waals surface area contributed by atoms with E-state index < -0.39 is 0 Å². The van der Waals surface area contributed by atoms with Gasteiger partial charge in [-0.2, -0.15) is 0 Å². The van der Waals surface area contributed by atoms with Crippen LogP contribution in [0.15, 0.2) is 61.2 Å². The van der Waals surface area contributed by atoms with Gasteiger partial charge in [-0.25, -0.2) is 0 Å². The minimum absolute atomic E-state index is 0.463. The molecule has 2 aromatic carbocycles. The second kappa shape index (κ2) is 5.55. The Labute approximate surface area is 106 Å². The van der Waals surface area contributed by atoms with E-state index in [4.69, 9.17) is 16.3 Å². The molecule has 2 aromatic rings. The zero-order chi connectivity index (χ0) is 12.1. The number of benzene rings is 2. The number of hydrogen-bond donors (Lipinski definition) is 0. The number of halogens is 1. The lowest BCUT2D eigenvalue weighted by molar-refractivity contribution is 0.370. The van der Waals surface area contributed by atoms with Gasteiger partial charge in [-0.05, 0) is 29.3 Å². The molecule has 0 saturated heterocycles. The molecule has 0 aromatic heterocycles. The van der Waals surface area contributed by atoms with Crippen molar-refractivity contribution in [3.05, 3.63) is 71.8 Å². The second-order valence-electron chi connectivity index (χ2n) is 3.72. The van der Waals surface area contributed by atoms with Crippen molar-refractivity contribution in [2.24, 2.45) is 0 Å². The molecular weight excluding hydrogens is 232 g/mol. The normalized spacial score (nSPS) is 9.94. The van der Waals surface area contributed by atoms with E-state index in [1.807, 2.05) is 48.5 Å². The molecule has 0 aliphatic carbocycles. The fourth-order valence-electron chi connectivity index (χ4n) is 1.48. The Balaban J connectivity index is 1.97. The first-order chi connectivity index (χ1) is 8.25. The van der Waals surface area contributed by atoms with Crippen LogP contribution in [0.2, 0.25) is 5.02 Å². The molecule has 0 fully saturated rings. The highest BCUT2D eigenvalue weighted by Gasteiger charge is 2.00. The van der Waals surface area contributed by atoms with Crippen molar-refractivity contribution in [2.75, 3.05) is 6.61 Å². The van der Waals surface area contributed by atoms with Gasteiger partial charge in [-0.15, -0.1) is 0 Å². The number of rotatable bonds is 4. The largest absolute Gasteiger partial charge is 0.489 e. The summed E-state index contributed by atoms with van der Waals surface area (Å²) in [5, 5.41) is 0.674. The summed E-state index contributed by atoms with van der Waals surface area (Å²) in [4.78, 5) is 0. The standard InChI is InChI=1S/C15H13ClO/c1-12(13-6-3-2-4-7-13)11-17-15-9-5-8-14(16)10-15/h2-10H,1,11H2. The van der Waals surface area contributed by atoms with Crippen molar-refractivity contribution in [1.29, 1.82) is 0 Å². The lowest BCUT2D eigenvalue weighted by Crippen LogP contribution is -1.99. The van der Waals surface area contributed by atoms with Crippen LogP contribution in [0.1, 0.15) is 5.56 Å². The highest BCUT2D eigenvalue weighted by Crippen LogP contribution is 2.19. The molecule has 86 valence electrons. The molecule has 0 radical (unpaired) electrons. The minimum atomic E-state index is 0.463. The molecule has 0 aliphatic heterocycles. The van der Waals surface area contributed by atoms with Gasteiger partial charge in [0.1, 0.15) is 12.4 Å². The fourth-order valence-corrected chi connectivity index (χ4v) is 1.66. The van der Waals surface area contributed by atoms with E-state index >= 15 is 0 Å². The third kappa shape index (κ3) is 3.36. The van der Waals surface area contributed by atoms with E-state index in [0.717, 1.165) is 16.9 Å². The number of hydrogen-bond acceptors (Lipinski definition) is 1. The molecule has 0 unspecified atom stereocenters. The van der Waals surface area contributed by atoms with Crippen LogP contribution in [-0.2, 0) is 0 Å². The van der Waals surface area contributed by atoms with Gasteiger partial charge in [0, 0.05) is 5.02 Å². The van der Waals surface area contributed by atoms with E-state index in [0.29, 0.717) is 11.6 Å². The highest BCUT2D eigenvalue weighted by molar-refractivity contribution is 6.30. The SMILES string of the molecule is C=C(COc1cccc(Cl)c1)c1ccccc1. The summed E-state index contributed by atoms with van der Waals surface area (Å²) in [7, 11) is 0. The Morgan fingerprint density at radius 2 is 1.82 bits per heavy atom. The Morgan fingerprint density at radius 3 is 2.53 bits per heavy atom. The van der Waals surface area contributed by atoms with Crippen LogP contribution < -0.4 is 4.74 Å². The first-order valence-electron chi connectivity index (χ1n) is 5.37. The molecule has 2 heteroatoms. The van der Waals surface area contributed by atoms with E-state index in [2.05, 4.69) is 6.58 Å². The van der Waals surface area contributed by atoms with Crippen LogP contribution in [-0.4, -0.2) is 6.61 Å². The van der Waals surface area contributed by atoms with Gasteiger partial charge in [0.15, 0.2) is 0 Å². The highest BCUT2D eigenvalue weighted by atomic mass is 35.5. The molecule has 0 amide bonds. The third-order valence-electron chi connectivity index (χ3n) is 2.39. The molecule has 0 saturated carbocycles. The first kappa shape index (κ1) is 11.7. The van der Waals surface area contributed by atoms with Gasteiger partial charge in [0.05, 0.1) is 0 Å². The second-order valence-corrected chi connectivity index (χ2v) is 4.15. The molecule has 0 spiro atoms. The molecule has 0 atom stereocenters. The van der Waals surface area contributed by atoms with Gasteiger partial charge >= 0.3 is 0 Å². The maximum atomic E-state index is 5.87. The van der Waals surface area contributed by atoms with E-state index in [1.54, 1.807) is 6.07 Å². The monoisotopic (exact) mass is 244 g/mol. The molecule has 0 heterocycles. The average Bonchev–Trinajstić information content (AvgIpc) is 2.37. The van der Waals surface area contributed by atoms with Crippen LogP contribution in [0.3, 0.4) is 0 Å². The van der Waals surface area contributed by atoms with Gasteiger partial charge < -0.3 is 4.74 Å². The maximum absolute atomic E-state index is 5.87. The summed E-state index contributed by atoms with van der Waals surface area (Å²) < 4.78 is 5.62. The molecule has 2 rings (SSSR count). The summed E-state index contributed by atoms with van der Waals surface area (Å²) in [5.41, 5.74) is 2.04. The third-order valence-corrected chi connectivity index (χ3v) is 2.63. The minimum Gasteiger partial charge on any atom is -0.489 e. The fraction of sp³-hybridized carbons (Fsp3) is 0.0667. The zero-order valence-electron chi connectivity index (χ0n) is 9.40. The molecule has 0 aliphatic rings. The molecular formula is C15H13ClO. The van der Waals surface area contributed by atoms with Crippen molar-refractivity contribution < 1.29 is 4.74 Å². The molecule has 17 heavy (non-hydrogen) atoms. The maximum Gasteiger partial charge on any atom is 0.121 e. The van der Waals surface area contributed by atoms with Gasteiger partial charge in [0.2, 0.25) is 0 Å². The zero-order valence-corrected chi connectivity index (χ0v) is 10.2. The van der Waals surface area contributed by atoms with E-state index in [9.17, 15) is 0 Å². The van der Waals surface area contributed by atoms with Crippen molar-refractivity contribution in [3.63, 3.8) is 0 Å². The van der Waals surface area contributed by atoms with Crippen molar-refractivity contribution in [3.8, 4) is 5.75 Å². The summed E-state index contributed by atoms with van der Waals surface area (Å²) in [6, 6.07) is 17.3.